The zero-order valence-corrected chi connectivity index (χ0v) is 11.4. The summed E-state index contributed by atoms with van der Waals surface area (Å²) in [6.45, 7) is 4.95. The van der Waals surface area contributed by atoms with Gasteiger partial charge in [0.2, 0.25) is 5.09 Å². The van der Waals surface area contributed by atoms with Gasteiger partial charge in [0.05, 0.1) is 18.8 Å². The number of rotatable bonds is 3. The number of nitrogens with zero attached hydrogens (tertiary/aromatic N) is 1. The molecule has 6 nitrogen and oxygen atoms in total. The predicted octanol–water partition coefficient (Wildman–Crippen LogP) is 0.538. The van der Waals surface area contributed by atoms with Crippen molar-refractivity contribution in [1.29, 1.82) is 0 Å². The number of sulfonamides is 1. The van der Waals surface area contributed by atoms with E-state index >= 15 is 0 Å². The first-order chi connectivity index (χ1) is 8.35. The van der Waals surface area contributed by atoms with Gasteiger partial charge in [-0.2, -0.15) is 4.31 Å². The Labute approximate surface area is 107 Å². The summed E-state index contributed by atoms with van der Waals surface area (Å²) < 4.78 is 36.8. The van der Waals surface area contributed by atoms with Crippen LogP contribution in [0.15, 0.2) is 21.6 Å². The van der Waals surface area contributed by atoms with E-state index in [1.165, 1.54) is 10.4 Å². The summed E-state index contributed by atoms with van der Waals surface area (Å²) in [6, 6.07) is 3.03. The average Bonchev–Trinajstić information content (AvgIpc) is 2.76. The smallest absolute Gasteiger partial charge is 0.276 e. The fraction of sp³-hybridized carbons (Fsp3) is 0.636. The highest BCUT2D eigenvalue weighted by atomic mass is 32.2. The Morgan fingerprint density at radius 1 is 1.44 bits per heavy atom. The van der Waals surface area contributed by atoms with E-state index in [1.807, 2.05) is 13.8 Å². The molecule has 1 aliphatic heterocycles. The van der Waals surface area contributed by atoms with Gasteiger partial charge in [-0.15, -0.1) is 0 Å². The van der Waals surface area contributed by atoms with Gasteiger partial charge in [-0.25, -0.2) is 8.42 Å². The molecule has 0 aromatic carbocycles. The number of hydrogen-bond donors (Lipinski definition) is 1. The Morgan fingerprint density at radius 2 is 2.17 bits per heavy atom. The maximum Gasteiger partial charge on any atom is 0.276 e. The van der Waals surface area contributed by atoms with Crippen molar-refractivity contribution in [2.24, 2.45) is 5.73 Å². The normalized spacial score (nSPS) is 21.1. The predicted molar refractivity (Wildman–Crippen MR) is 65.4 cm³/mol. The second-order valence-electron chi connectivity index (χ2n) is 4.87. The van der Waals surface area contributed by atoms with Crippen molar-refractivity contribution in [2.75, 3.05) is 19.7 Å². The molecule has 2 heterocycles. The van der Waals surface area contributed by atoms with Crippen LogP contribution in [-0.2, 0) is 21.3 Å². The zero-order chi connectivity index (χ0) is 13.4. The van der Waals surface area contributed by atoms with E-state index in [-0.39, 0.29) is 11.6 Å². The summed E-state index contributed by atoms with van der Waals surface area (Å²) in [5, 5.41) is -0.0550. The van der Waals surface area contributed by atoms with Gasteiger partial charge in [0.1, 0.15) is 5.76 Å². The Kier molecular flexibility index (Phi) is 3.50. The second kappa shape index (κ2) is 4.65. The number of hydrogen-bond acceptors (Lipinski definition) is 5. The van der Waals surface area contributed by atoms with Crippen LogP contribution in [0.3, 0.4) is 0 Å². The van der Waals surface area contributed by atoms with E-state index in [9.17, 15) is 8.42 Å². The van der Waals surface area contributed by atoms with E-state index in [2.05, 4.69) is 0 Å². The molecular formula is C11H18N2O4S. The van der Waals surface area contributed by atoms with Gasteiger partial charge in [-0.3, -0.25) is 0 Å². The largest absolute Gasteiger partial charge is 0.447 e. The zero-order valence-electron chi connectivity index (χ0n) is 10.5. The molecule has 1 aliphatic rings. The number of nitrogens with two attached hydrogens (primary N) is 1. The van der Waals surface area contributed by atoms with Crippen molar-refractivity contribution in [3.63, 3.8) is 0 Å². The minimum absolute atomic E-state index is 0.0550. The van der Waals surface area contributed by atoms with Crippen molar-refractivity contribution < 1.29 is 17.6 Å². The molecule has 0 aliphatic carbocycles. The third kappa shape index (κ3) is 2.59. The van der Waals surface area contributed by atoms with Crippen molar-refractivity contribution >= 4 is 10.0 Å². The maximum atomic E-state index is 12.3. The van der Waals surface area contributed by atoms with E-state index in [0.29, 0.717) is 25.5 Å². The molecule has 0 atom stereocenters. The van der Waals surface area contributed by atoms with Crippen LogP contribution in [0, 0.1) is 0 Å². The lowest BCUT2D eigenvalue weighted by Gasteiger charge is -2.36. The molecule has 0 spiro atoms. The molecule has 2 rings (SSSR count). The van der Waals surface area contributed by atoms with Crippen molar-refractivity contribution in [1.82, 2.24) is 4.31 Å². The van der Waals surface area contributed by atoms with Gasteiger partial charge in [0.15, 0.2) is 0 Å². The van der Waals surface area contributed by atoms with Crippen LogP contribution in [0.25, 0.3) is 0 Å². The van der Waals surface area contributed by atoms with Crippen molar-refractivity contribution in [3.05, 3.63) is 17.9 Å². The van der Waals surface area contributed by atoms with Gasteiger partial charge in [0.25, 0.3) is 10.0 Å². The number of morpholine rings is 1. The maximum absolute atomic E-state index is 12.3. The molecular weight excluding hydrogens is 256 g/mol. The third-order valence-corrected chi connectivity index (χ3v) is 4.54. The molecule has 1 aromatic rings. The fourth-order valence-corrected chi connectivity index (χ4v) is 3.41. The standard InChI is InChI=1S/C11H18N2O4S/c1-11(2)8-13(5-6-16-11)18(14,15)10-4-3-9(7-12)17-10/h3-4H,5-8,12H2,1-2H3. The van der Waals surface area contributed by atoms with E-state index in [0.717, 1.165) is 0 Å². The highest BCUT2D eigenvalue weighted by molar-refractivity contribution is 7.89. The molecule has 1 fully saturated rings. The highest BCUT2D eigenvalue weighted by Crippen LogP contribution is 2.24. The van der Waals surface area contributed by atoms with Crippen LogP contribution in [0.5, 0.6) is 0 Å². The van der Waals surface area contributed by atoms with Crippen LogP contribution in [-0.4, -0.2) is 38.0 Å². The first kappa shape index (κ1) is 13.5. The lowest BCUT2D eigenvalue weighted by atomic mass is 10.1. The average molecular weight is 274 g/mol. The van der Waals surface area contributed by atoms with E-state index in [4.69, 9.17) is 14.9 Å². The van der Waals surface area contributed by atoms with Crippen LogP contribution < -0.4 is 5.73 Å². The van der Waals surface area contributed by atoms with Gasteiger partial charge < -0.3 is 14.9 Å². The fourth-order valence-electron chi connectivity index (χ4n) is 1.91. The van der Waals surface area contributed by atoms with Crippen molar-refractivity contribution in [3.8, 4) is 0 Å². The molecule has 0 bridgehead atoms. The monoisotopic (exact) mass is 274 g/mol. The minimum Gasteiger partial charge on any atom is -0.447 e. The molecule has 1 saturated heterocycles. The molecule has 0 saturated carbocycles. The third-order valence-electron chi connectivity index (χ3n) is 2.82. The topological polar surface area (TPSA) is 85.8 Å². The van der Waals surface area contributed by atoms with Crippen molar-refractivity contribution in [2.45, 2.75) is 31.1 Å². The van der Waals surface area contributed by atoms with Crippen LogP contribution in [0.2, 0.25) is 0 Å². The quantitative estimate of drug-likeness (QED) is 0.869. The first-order valence-electron chi connectivity index (χ1n) is 5.78. The second-order valence-corrected chi connectivity index (χ2v) is 6.74. The lowest BCUT2D eigenvalue weighted by molar-refractivity contribution is -0.0642. The van der Waals surface area contributed by atoms with Crippen LogP contribution in [0.4, 0.5) is 0 Å². The Hall–Kier alpha value is -0.890. The van der Waals surface area contributed by atoms with Gasteiger partial charge in [-0.05, 0) is 26.0 Å². The Bertz CT molecular complexity index is 521. The summed E-state index contributed by atoms with van der Waals surface area (Å²) in [5.41, 5.74) is 4.93. The SMILES string of the molecule is CC1(C)CN(S(=O)(=O)c2ccc(CN)o2)CCO1. The summed E-state index contributed by atoms with van der Waals surface area (Å²) in [6.07, 6.45) is 0. The minimum atomic E-state index is -3.59. The molecule has 0 unspecified atom stereocenters. The molecule has 2 N–H and O–H groups in total. The Balaban J connectivity index is 2.25. The molecule has 102 valence electrons. The highest BCUT2D eigenvalue weighted by Gasteiger charge is 2.36. The van der Waals surface area contributed by atoms with Crippen LogP contribution >= 0.6 is 0 Å². The van der Waals surface area contributed by atoms with E-state index in [1.54, 1.807) is 6.07 Å². The molecule has 18 heavy (non-hydrogen) atoms. The number of furan rings is 1. The molecule has 7 heteroatoms. The summed E-state index contributed by atoms with van der Waals surface area (Å²) in [4.78, 5) is 0. The Morgan fingerprint density at radius 3 is 2.72 bits per heavy atom. The molecule has 0 amide bonds. The molecule has 0 radical (unpaired) electrons. The number of ether oxygens (including phenoxy) is 1. The summed E-state index contributed by atoms with van der Waals surface area (Å²) in [5.74, 6) is 0.459. The van der Waals surface area contributed by atoms with Crippen LogP contribution in [0.1, 0.15) is 19.6 Å². The van der Waals surface area contributed by atoms with E-state index < -0.39 is 15.6 Å². The van der Waals surface area contributed by atoms with Gasteiger partial charge in [-0.1, -0.05) is 0 Å². The summed E-state index contributed by atoms with van der Waals surface area (Å²) in [7, 11) is -3.59. The van der Waals surface area contributed by atoms with Gasteiger partial charge in [0, 0.05) is 13.1 Å². The molecule has 1 aromatic heterocycles. The lowest BCUT2D eigenvalue weighted by Crippen LogP contribution is -2.50. The van der Waals surface area contributed by atoms with Gasteiger partial charge >= 0.3 is 0 Å². The summed E-state index contributed by atoms with van der Waals surface area (Å²) >= 11 is 0. The first-order valence-corrected chi connectivity index (χ1v) is 7.22.